The zero-order valence-electron chi connectivity index (χ0n) is 15.8. The number of anilines is 2. The van der Waals surface area contributed by atoms with E-state index in [0.717, 1.165) is 0 Å². The van der Waals surface area contributed by atoms with E-state index in [1.165, 1.54) is 30.1 Å². The minimum Gasteiger partial charge on any atom is -0.497 e. The third-order valence-corrected chi connectivity index (χ3v) is 4.66. The summed E-state index contributed by atoms with van der Waals surface area (Å²) in [6, 6.07) is 12.0. The fourth-order valence-electron chi connectivity index (χ4n) is 3.22. The minimum absolute atomic E-state index is 0.117. The Hall–Kier alpha value is -4.14. The molecule has 2 heterocycles. The molecule has 3 aromatic rings. The average molecular weight is 408 g/mol. The normalized spacial score (nSPS) is 14.9. The van der Waals surface area contributed by atoms with Crippen molar-refractivity contribution in [3.8, 4) is 5.75 Å². The second-order valence-electron chi connectivity index (χ2n) is 6.51. The van der Waals surface area contributed by atoms with Crippen LogP contribution in [-0.4, -0.2) is 33.9 Å². The predicted molar refractivity (Wildman–Crippen MR) is 107 cm³/mol. The van der Waals surface area contributed by atoms with Crippen LogP contribution >= 0.6 is 0 Å². The highest BCUT2D eigenvalue weighted by Gasteiger charge is 2.30. The summed E-state index contributed by atoms with van der Waals surface area (Å²) in [5, 5.41) is 19.1. The molecule has 0 saturated carbocycles. The van der Waals surface area contributed by atoms with Crippen LogP contribution in [-0.2, 0) is 4.79 Å². The van der Waals surface area contributed by atoms with Gasteiger partial charge < -0.3 is 20.5 Å². The fraction of sp³-hybridized carbons (Fsp3) is 0.0952. The number of carboxylic acid groups (broad SMARTS) is 1. The van der Waals surface area contributed by atoms with E-state index in [1.54, 1.807) is 42.5 Å². The molecule has 0 radical (unpaired) electrons. The number of ether oxygens (including phenoxy) is 1. The minimum atomic E-state index is -1.23. The van der Waals surface area contributed by atoms with Gasteiger partial charge >= 0.3 is 5.97 Å². The number of carbonyl (C=O) groups is 2. The third kappa shape index (κ3) is 3.48. The molecule has 152 valence electrons. The number of carboxylic acids is 1. The van der Waals surface area contributed by atoms with Gasteiger partial charge in [-0.1, -0.05) is 24.3 Å². The lowest BCUT2D eigenvalue weighted by Gasteiger charge is -2.24. The van der Waals surface area contributed by atoms with Crippen molar-refractivity contribution in [2.75, 3.05) is 17.7 Å². The van der Waals surface area contributed by atoms with Crippen molar-refractivity contribution in [2.24, 2.45) is 0 Å². The van der Waals surface area contributed by atoms with Crippen LogP contribution in [0.5, 0.6) is 5.75 Å². The maximum atomic E-state index is 14.4. The van der Waals surface area contributed by atoms with Gasteiger partial charge in [-0.05, 0) is 24.3 Å². The maximum Gasteiger partial charge on any atom is 0.352 e. The Morgan fingerprint density at radius 2 is 2.03 bits per heavy atom. The molecule has 1 amide bonds. The molecule has 8 nitrogen and oxygen atoms in total. The Kier molecular flexibility index (Phi) is 4.93. The first-order chi connectivity index (χ1) is 14.5. The Bertz CT molecular complexity index is 1170. The standard InChI is InChI=1S/C21H17FN4O4/c1-30-13-6-4-5-12(9-13)24-20(27)15-11-23-26-18(14-7-2-3-8-16(14)22)10-17(21(28)29)25-19(15)26/h2-11,18,25H,1H3,(H,24,27)(H,28,29)/t18-/m0/s1. The van der Waals surface area contributed by atoms with Crippen LogP contribution in [0.1, 0.15) is 22.0 Å². The molecule has 0 unspecified atom stereocenters. The second kappa shape index (κ2) is 7.70. The number of allylic oxidation sites excluding steroid dienone is 1. The molecule has 4 rings (SSSR count). The topological polar surface area (TPSA) is 105 Å². The van der Waals surface area contributed by atoms with E-state index in [4.69, 9.17) is 4.74 Å². The molecular weight excluding hydrogens is 391 g/mol. The molecule has 0 aliphatic carbocycles. The lowest BCUT2D eigenvalue weighted by Crippen LogP contribution is -2.26. The Morgan fingerprint density at radius 1 is 1.23 bits per heavy atom. The highest BCUT2D eigenvalue weighted by molar-refractivity contribution is 6.08. The number of nitrogens with zero attached hydrogens (tertiary/aromatic N) is 2. The number of amides is 1. The van der Waals surface area contributed by atoms with E-state index in [2.05, 4.69) is 15.7 Å². The van der Waals surface area contributed by atoms with Gasteiger partial charge in [0.2, 0.25) is 0 Å². The van der Waals surface area contributed by atoms with Gasteiger partial charge in [-0.25, -0.2) is 13.9 Å². The first kappa shape index (κ1) is 19.2. The fourth-order valence-corrected chi connectivity index (χ4v) is 3.22. The van der Waals surface area contributed by atoms with Crippen LogP contribution in [0.25, 0.3) is 0 Å². The van der Waals surface area contributed by atoms with Crippen LogP contribution < -0.4 is 15.4 Å². The molecule has 9 heteroatoms. The molecule has 30 heavy (non-hydrogen) atoms. The zero-order chi connectivity index (χ0) is 21.3. The molecule has 1 aliphatic rings. The van der Waals surface area contributed by atoms with Crippen molar-refractivity contribution in [2.45, 2.75) is 6.04 Å². The smallest absolute Gasteiger partial charge is 0.352 e. The number of benzene rings is 2. The van der Waals surface area contributed by atoms with Crippen LogP contribution in [0.15, 0.2) is 66.5 Å². The van der Waals surface area contributed by atoms with Gasteiger partial charge in [-0.2, -0.15) is 5.10 Å². The molecule has 1 aliphatic heterocycles. The number of aliphatic carboxylic acids is 1. The number of halogens is 1. The lowest BCUT2D eigenvalue weighted by atomic mass is 10.0. The number of hydrogen-bond acceptors (Lipinski definition) is 5. The molecule has 1 atom stereocenters. The van der Waals surface area contributed by atoms with Crippen molar-refractivity contribution in [1.29, 1.82) is 0 Å². The van der Waals surface area contributed by atoms with Crippen molar-refractivity contribution in [1.82, 2.24) is 9.78 Å². The largest absolute Gasteiger partial charge is 0.497 e. The first-order valence-corrected chi connectivity index (χ1v) is 8.97. The summed E-state index contributed by atoms with van der Waals surface area (Å²) >= 11 is 0. The van der Waals surface area contributed by atoms with Gasteiger partial charge in [0.1, 0.15) is 34.7 Å². The van der Waals surface area contributed by atoms with Crippen molar-refractivity contribution >= 4 is 23.4 Å². The van der Waals surface area contributed by atoms with Crippen LogP contribution in [0.4, 0.5) is 15.9 Å². The van der Waals surface area contributed by atoms with Crippen LogP contribution in [0, 0.1) is 5.82 Å². The summed E-state index contributed by atoms with van der Waals surface area (Å²) < 4.78 is 20.9. The van der Waals surface area contributed by atoms with E-state index in [-0.39, 0.29) is 22.6 Å². The monoisotopic (exact) mass is 408 g/mol. The zero-order valence-corrected chi connectivity index (χ0v) is 15.8. The van der Waals surface area contributed by atoms with E-state index in [1.807, 2.05) is 0 Å². The van der Waals surface area contributed by atoms with Gasteiger partial charge in [-0.3, -0.25) is 4.79 Å². The van der Waals surface area contributed by atoms with Crippen molar-refractivity contribution in [3.63, 3.8) is 0 Å². The highest BCUT2D eigenvalue weighted by atomic mass is 19.1. The number of carbonyl (C=O) groups excluding carboxylic acids is 1. The van der Waals surface area contributed by atoms with Crippen LogP contribution in [0.2, 0.25) is 0 Å². The van der Waals surface area contributed by atoms with Gasteiger partial charge in [0, 0.05) is 17.3 Å². The van der Waals surface area contributed by atoms with Gasteiger partial charge in [-0.15, -0.1) is 0 Å². The van der Waals surface area contributed by atoms with E-state index in [9.17, 15) is 19.1 Å². The summed E-state index contributed by atoms with van der Waals surface area (Å²) in [5.41, 5.74) is 0.675. The van der Waals surface area contributed by atoms with E-state index >= 15 is 0 Å². The number of aromatic nitrogens is 2. The number of nitrogens with one attached hydrogen (secondary N) is 2. The van der Waals surface area contributed by atoms with Crippen molar-refractivity contribution < 1.29 is 23.8 Å². The first-order valence-electron chi connectivity index (χ1n) is 8.97. The Balaban J connectivity index is 1.72. The third-order valence-electron chi connectivity index (χ3n) is 4.66. The van der Waals surface area contributed by atoms with Crippen LogP contribution in [0.3, 0.4) is 0 Å². The SMILES string of the molecule is COc1cccc(NC(=O)c2cnn3c2NC(C(=O)O)=C[C@H]3c2ccccc2F)c1. The molecule has 0 bridgehead atoms. The maximum absolute atomic E-state index is 14.4. The van der Waals surface area contributed by atoms with Crippen molar-refractivity contribution in [3.05, 3.63) is 83.4 Å². The molecule has 3 N–H and O–H groups in total. The molecule has 1 aromatic heterocycles. The number of methoxy groups -OCH3 is 1. The van der Waals surface area contributed by atoms with Gasteiger partial charge in [0.05, 0.1) is 13.3 Å². The van der Waals surface area contributed by atoms with Gasteiger partial charge in [0.15, 0.2) is 0 Å². The molecule has 0 spiro atoms. The van der Waals surface area contributed by atoms with E-state index < -0.39 is 23.7 Å². The number of rotatable bonds is 5. The van der Waals surface area contributed by atoms with E-state index in [0.29, 0.717) is 11.4 Å². The summed E-state index contributed by atoms with van der Waals surface area (Å²) in [5.74, 6) is -1.52. The summed E-state index contributed by atoms with van der Waals surface area (Å²) in [4.78, 5) is 24.5. The summed E-state index contributed by atoms with van der Waals surface area (Å²) in [7, 11) is 1.52. The number of hydrogen-bond donors (Lipinski definition) is 3. The summed E-state index contributed by atoms with van der Waals surface area (Å²) in [6.07, 6.45) is 2.66. The van der Waals surface area contributed by atoms with Gasteiger partial charge in [0.25, 0.3) is 5.91 Å². The summed E-state index contributed by atoms with van der Waals surface area (Å²) in [6.45, 7) is 0. The predicted octanol–water partition coefficient (Wildman–Crippen LogP) is 3.27. The highest BCUT2D eigenvalue weighted by Crippen LogP contribution is 2.33. The molecule has 0 saturated heterocycles. The Labute approximate surface area is 170 Å². The lowest BCUT2D eigenvalue weighted by molar-refractivity contribution is -0.132. The molecular formula is C21H17FN4O4. The second-order valence-corrected chi connectivity index (χ2v) is 6.51. The molecule has 2 aromatic carbocycles. The average Bonchev–Trinajstić information content (AvgIpc) is 3.18. The number of fused-ring (bicyclic) bond motifs is 1. The Morgan fingerprint density at radius 3 is 2.77 bits per heavy atom. The quantitative estimate of drug-likeness (QED) is 0.598. The molecule has 0 fully saturated rings.